The van der Waals surface area contributed by atoms with Crippen LogP contribution in [0.25, 0.3) is 0 Å². The molecule has 2 aromatic rings. The lowest BCUT2D eigenvalue weighted by Gasteiger charge is -2.21. The number of carbonyl (C=O) groups excluding carboxylic acids is 1. The second-order valence-corrected chi connectivity index (χ2v) is 5.14. The maximum Gasteiger partial charge on any atom is 0.253 e. The minimum absolute atomic E-state index is 0.000240. The number of aromatic nitrogens is 1. The summed E-state index contributed by atoms with van der Waals surface area (Å²) in [5.41, 5.74) is 1.48. The molecule has 2 heterocycles. The smallest absolute Gasteiger partial charge is 0.253 e. The van der Waals surface area contributed by atoms with Gasteiger partial charge in [-0.3, -0.25) is 4.79 Å². The molecule has 1 amide bonds. The fourth-order valence-corrected chi connectivity index (χ4v) is 2.39. The van der Waals surface area contributed by atoms with Crippen molar-refractivity contribution in [2.75, 3.05) is 24.7 Å². The number of carbonyl (C=O) groups is 1. The van der Waals surface area contributed by atoms with Crippen molar-refractivity contribution in [2.24, 2.45) is 0 Å². The molecule has 0 unspecified atom stereocenters. The Hall–Kier alpha value is -2.34. The van der Waals surface area contributed by atoms with E-state index in [0.29, 0.717) is 18.8 Å². The zero-order valence-electron chi connectivity index (χ0n) is 12.4. The van der Waals surface area contributed by atoms with Gasteiger partial charge in [0.25, 0.3) is 5.91 Å². The molecule has 0 radical (unpaired) electrons. The molecule has 1 aliphatic rings. The number of ether oxygens (including phenoxy) is 2. The van der Waals surface area contributed by atoms with Gasteiger partial charge in [-0.15, -0.1) is 0 Å². The van der Waals surface area contributed by atoms with Crippen LogP contribution in [0.2, 0.25) is 0 Å². The maximum absolute atomic E-state index is 12.4. The van der Waals surface area contributed by atoms with Crippen molar-refractivity contribution in [1.82, 2.24) is 5.16 Å². The first kappa shape index (κ1) is 14.6. The molecule has 0 fully saturated rings. The number of hydrogen-bond donors (Lipinski definition) is 0. The molecule has 0 aliphatic carbocycles. The van der Waals surface area contributed by atoms with E-state index in [4.69, 9.17) is 14.0 Å². The van der Waals surface area contributed by atoms with Gasteiger partial charge in [-0.2, -0.15) is 0 Å². The average Bonchev–Trinajstić information content (AvgIpc) is 2.82. The van der Waals surface area contributed by atoms with E-state index in [9.17, 15) is 4.79 Å². The molecule has 0 bridgehead atoms. The predicted molar refractivity (Wildman–Crippen MR) is 79.8 cm³/mol. The first-order chi connectivity index (χ1) is 10.7. The van der Waals surface area contributed by atoms with Crippen LogP contribution >= 0.6 is 0 Å². The second kappa shape index (κ2) is 6.62. The van der Waals surface area contributed by atoms with Crippen molar-refractivity contribution in [3.8, 4) is 5.75 Å². The quantitative estimate of drug-likeness (QED) is 0.867. The summed E-state index contributed by atoms with van der Waals surface area (Å²) in [6.07, 6.45) is 0.795. The van der Waals surface area contributed by atoms with E-state index in [1.54, 1.807) is 11.0 Å². The normalized spacial score (nSPS) is 14.1. The van der Waals surface area contributed by atoms with Crippen LogP contribution in [0.1, 0.15) is 17.9 Å². The van der Waals surface area contributed by atoms with Crippen LogP contribution in [0, 0.1) is 6.92 Å². The number of hydrogen-bond acceptors (Lipinski definition) is 5. The Balaban J connectivity index is 1.62. The van der Waals surface area contributed by atoms with Crippen molar-refractivity contribution in [2.45, 2.75) is 20.0 Å². The minimum Gasteiger partial charge on any atom is -0.491 e. The summed E-state index contributed by atoms with van der Waals surface area (Å²) in [7, 11) is 0. The van der Waals surface area contributed by atoms with Crippen LogP contribution < -0.4 is 9.64 Å². The van der Waals surface area contributed by atoms with Crippen molar-refractivity contribution in [1.29, 1.82) is 0 Å². The summed E-state index contributed by atoms with van der Waals surface area (Å²) in [6, 6.07) is 9.35. The lowest BCUT2D eigenvalue weighted by atomic mass is 10.2. The van der Waals surface area contributed by atoms with Crippen LogP contribution in [-0.2, 0) is 16.1 Å². The molecular weight excluding hydrogens is 284 g/mol. The molecule has 0 atom stereocenters. The third kappa shape index (κ3) is 3.28. The zero-order valence-corrected chi connectivity index (χ0v) is 12.4. The Kier molecular flexibility index (Phi) is 4.39. The number of benzene rings is 1. The van der Waals surface area contributed by atoms with Gasteiger partial charge in [0.1, 0.15) is 23.8 Å². The van der Waals surface area contributed by atoms with E-state index in [-0.39, 0.29) is 19.1 Å². The highest BCUT2D eigenvalue weighted by molar-refractivity contribution is 5.95. The van der Waals surface area contributed by atoms with Crippen LogP contribution in [0.4, 0.5) is 5.69 Å². The van der Waals surface area contributed by atoms with E-state index in [1.807, 2.05) is 31.2 Å². The van der Waals surface area contributed by atoms with Crippen LogP contribution in [-0.4, -0.2) is 30.8 Å². The van der Waals surface area contributed by atoms with Gasteiger partial charge in [-0.1, -0.05) is 17.3 Å². The molecule has 22 heavy (non-hydrogen) atoms. The molecule has 116 valence electrons. The van der Waals surface area contributed by atoms with E-state index in [2.05, 4.69) is 5.16 Å². The van der Waals surface area contributed by atoms with Crippen molar-refractivity contribution in [3.05, 3.63) is 41.8 Å². The number of rotatable bonds is 4. The lowest BCUT2D eigenvalue weighted by Crippen LogP contribution is -2.34. The molecule has 3 rings (SSSR count). The molecule has 0 saturated heterocycles. The first-order valence-electron chi connectivity index (χ1n) is 7.26. The second-order valence-electron chi connectivity index (χ2n) is 5.14. The summed E-state index contributed by atoms with van der Waals surface area (Å²) in [5.74, 6) is 1.38. The third-order valence-electron chi connectivity index (χ3n) is 3.39. The molecule has 0 saturated carbocycles. The number of anilines is 1. The van der Waals surface area contributed by atoms with Gasteiger partial charge in [0.2, 0.25) is 0 Å². The lowest BCUT2D eigenvalue weighted by molar-refractivity contribution is -0.123. The molecule has 1 aromatic carbocycles. The van der Waals surface area contributed by atoms with Crippen LogP contribution in [0.5, 0.6) is 5.75 Å². The summed E-state index contributed by atoms with van der Waals surface area (Å²) < 4.78 is 16.1. The largest absolute Gasteiger partial charge is 0.491 e. The summed E-state index contributed by atoms with van der Waals surface area (Å²) >= 11 is 0. The highest BCUT2D eigenvalue weighted by Gasteiger charge is 2.21. The third-order valence-corrected chi connectivity index (χ3v) is 3.39. The van der Waals surface area contributed by atoms with Gasteiger partial charge < -0.3 is 18.9 Å². The SMILES string of the molecule is Cc1cc(COCC(=O)N2CCCOc3ccccc32)no1. The predicted octanol–water partition coefficient (Wildman–Crippen LogP) is 2.32. The Morgan fingerprint density at radius 2 is 2.27 bits per heavy atom. The molecule has 0 N–H and O–H groups in total. The maximum atomic E-state index is 12.4. The number of fused-ring (bicyclic) bond motifs is 1. The fourth-order valence-electron chi connectivity index (χ4n) is 2.39. The standard InChI is InChI=1S/C16H18N2O4/c1-12-9-13(17-22-12)10-20-11-16(19)18-7-4-8-21-15-6-3-2-5-14(15)18/h2-3,5-6,9H,4,7-8,10-11H2,1H3. The fraction of sp³-hybridized carbons (Fsp3) is 0.375. The number of amides is 1. The Labute approximate surface area is 128 Å². The van der Waals surface area contributed by atoms with Crippen LogP contribution in [0.15, 0.2) is 34.9 Å². The van der Waals surface area contributed by atoms with Gasteiger partial charge in [0.05, 0.1) is 18.9 Å². The van der Waals surface area contributed by atoms with Gasteiger partial charge in [-0.25, -0.2) is 0 Å². The monoisotopic (exact) mass is 302 g/mol. The Morgan fingerprint density at radius 1 is 1.41 bits per heavy atom. The van der Waals surface area contributed by atoms with Gasteiger partial charge >= 0.3 is 0 Å². The first-order valence-corrected chi connectivity index (χ1v) is 7.26. The van der Waals surface area contributed by atoms with Crippen LogP contribution in [0.3, 0.4) is 0 Å². The van der Waals surface area contributed by atoms with E-state index in [0.717, 1.165) is 23.6 Å². The molecule has 0 spiro atoms. The van der Waals surface area contributed by atoms with E-state index in [1.165, 1.54) is 0 Å². The number of nitrogens with zero attached hydrogens (tertiary/aromatic N) is 2. The summed E-state index contributed by atoms with van der Waals surface area (Å²) in [6.45, 7) is 3.31. The molecule has 6 heteroatoms. The van der Waals surface area contributed by atoms with E-state index >= 15 is 0 Å². The van der Waals surface area contributed by atoms with Crippen molar-refractivity contribution in [3.63, 3.8) is 0 Å². The van der Waals surface area contributed by atoms with Crippen molar-refractivity contribution < 1.29 is 18.8 Å². The topological polar surface area (TPSA) is 64.8 Å². The van der Waals surface area contributed by atoms with Gasteiger partial charge in [-0.05, 0) is 25.5 Å². The average molecular weight is 302 g/mol. The summed E-state index contributed by atoms with van der Waals surface area (Å²) in [5, 5.41) is 3.83. The zero-order chi connectivity index (χ0) is 15.4. The minimum atomic E-state index is -0.0850. The molecule has 1 aromatic heterocycles. The van der Waals surface area contributed by atoms with Gasteiger partial charge in [0, 0.05) is 12.6 Å². The van der Waals surface area contributed by atoms with Crippen molar-refractivity contribution >= 4 is 11.6 Å². The number of aryl methyl sites for hydroxylation is 1. The summed E-state index contributed by atoms with van der Waals surface area (Å²) in [4.78, 5) is 14.1. The highest BCUT2D eigenvalue weighted by Crippen LogP contribution is 2.30. The Bertz CT molecular complexity index is 653. The molecule has 1 aliphatic heterocycles. The van der Waals surface area contributed by atoms with Gasteiger partial charge in [0.15, 0.2) is 0 Å². The van der Waals surface area contributed by atoms with E-state index < -0.39 is 0 Å². The molecular formula is C16H18N2O4. The molecule has 6 nitrogen and oxygen atoms in total. The Morgan fingerprint density at radius 3 is 3.09 bits per heavy atom. The number of para-hydroxylation sites is 2. The highest BCUT2D eigenvalue weighted by atomic mass is 16.5.